The van der Waals surface area contributed by atoms with Gasteiger partial charge in [-0.2, -0.15) is 0 Å². The number of rotatable bonds is 11. The highest BCUT2D eigenvalue weighted by molar-refractivity contribution is 5.84. The largest absolute Gasteiger partial charge is 0.493 e. The van der Waals surface area contributed by atoms with E-state index in [1.165, 1.54) is 43.4 Å². The summed E-state index contributed by atoms with van der Waals surface area (Å²) in [6, 6.07) is 14.5. The molecule has 1 amide bonds. The van der Waals surface area contributed by atoms with Gasteiger partial charge in [0.1, 0.15) is 5.66 Å². The number of hydrogen-bond donors (Lipinski definition) is 1. The molecular formula is C30H40N2O3. The molecule has 0 unspecified atom stereocenters. The van der Waals surface area contributed by atoms with E-state index in [9.17, 15) is 4.79 Å². The topological polar surface area (TPSA) is 50.8 Å². The van der Waals surface area contributed by atoms with E-state index < -0.39 is 5.66 Å². The zero-order chi connectivity index (χ0) is 24.9. The number of ether oxygens (including phenoxy) is 2. The minimum atomic E-state index is -0.619. The van der Waals surface area contributed by atoms with Crippen molar-refractivity contribution in [2.75, 3.05) is 25.2 Å². The molecule has 2 aliphatic rings. The van der Waals surface area contributed by atoms with Gasteiger partial charge in [0.15, 0.2) is 11.5 Å². The first-order valence-electron chi connectivity index (χ1n) is 13.1. The van der Waals surface area contributed by atoms with Gasteiger partial charge in [-0.3, -0.25) is 4.79 Å². The van der Waals surface area contributed by atoms with Crippen LogP contribution in [0.3, 0.4) is 0 Å². The van der Waals surface area contributed by atoms with Crippen LogP contribution in [0.15, 0.2) is 48.5 Å². The molecular weight excluding hydrogens is 436 g/mol. The minimum Gasteiger partial charge on any atom is -0.493 e. The third-order valence-corrected chi connectivity index (χ3v) is 7.60. The molecule has 5 heteroatoms. The molecule has 1 saturated heterocycles. The normalized spacial score (nSPS) is 20.5. The van der Waals surface area contributed by atoms with Gasteiger partial charge in [-0.15, -0.1) is 0 Å². The number of unbranched alkanes of at least 4 members (excludes halogenated alkanes) is 5. The first-order chi connectivity index (χ1) is 16.9. The smallest absolute Gasteiger partial charge is 0.223 e. The van der Waals surface area contributed by atoms with Crippen molar-refractivity contribution in [3.63, 3.8) is 0 Å². The van der Waals surface area contributed by atoms with Crippen LogP contribution in [0.2, 0.25) is 0 Å². The second-order valence-electron chi connectivity index (χ2n) is 10.2. The Labute approximate surface area is 210 Å². The lowest BCUT2D eigenvalue weighted by molar-refractivity contribution is -0.124. The van der Waals surface area contributed by atoms with E-state index in [1.807, 2.05) is 12.1 Å². The van der Waals surface area contributed by atoms with Crippen LogP contribution in [0.4, 0.5) is 5.69 Å². The molecule has 2 heterocycles. The highest BCUT2D eigenvalue weighted by Crippen LogP contribution is 2.52. The van der Waals surface area contributed by atoms with Gasteiger partial charge >= 0.3 is 0 Å². The highest BCUT2D eigenvalue weighted by atomic mass is 16.5. The number of anilines is 1. The van der Waals surface area contributed by atoms with Crippen LogP contribution < -0.4 is 19.7 Å². The molecule has 2 aliphatic heterocycles. The van der Waals surface area contributed by atoms with Crippen molar-refractivity contribution < 1.29 is 14.3 Å². The Kier molecular flexibility index (Phi) is 7.73. The van der Waals surface area contributed by atoms with Crippen LogP contribution in [0.5, 0.6) is 11.5 Å². The molecule has 0 saturated carbocycles. The molecule has 0 spiro atoms. The van der Waals surface area contributed by atoms with Crippen molar-refractivity contribution in [1.82, 2.24) is 5.32 Å². The van der Waals surface area contributed by atoms with E-state index in [0.717, 1.165) is 23.5 Å². The van der Waals surface area contributed by atoms with E-state index in [4.69, 9.17) is 9.47 Å². The number of carbonyl (C=O) groups is 1. The third kappa shape index (κ3) is 4.91. The summed E-state index contributed by atoms with van der Waals surface area (Å²) in [7, 11) is 1.68. The van der Waals surface area contributed by atoms with Crippen molar-refractivity contribution in [3.05, 3.63) is 59.7 Å². The Morgan fingerprint density at radius 3 is 2.60 bits per heavy atom. The van der Waals surface area contributed by atoms with Crippen molar-refractivity contribution in [3.8, 4) is 11.5 Å². The summed E-state index contributed by atoms with van der Waals surface area (Å²) in [4.78, 5) is 14.9. The van der Waals surface area contributed by atoms with E-state index in [2.05, 4.69) is 73.5 Å². The van der Waals surface area contributed by atoms with Crippen molar-refractivity contribution >= 4 is 17.7 Å². The molecule has 2 aromatic carbocycles. The molecule has 5 nitrogen and oxygen atoms in total. The lowest BCUT2D eigenvalue weighted by Crippen LogP contribution is -2.68. The summed E-state index contributed by atoms with van der Waals surface area (Å²) in [6.07, 6.45) is 12.2. The Hall–Kier alpha value is -2.95. The molecule has 35 heavy (non-hydrogen) atoms. The minimum absolute atomic E-state index is 0.0859. The van der Waals surface area contributed by atoms with Crippen LogP contribution in [-0.2, 0) is 10.2 Å². The number of amides is 1. The van der Waals surface area contributed by atoms with Gasteiger partial charge in [-0.05, 0) is 41.8 Å². The number of fused-ring (bicyclic) bond motifs is 3. The maximum absolute atomic E-state index is 12.6. The maximum atomic E-state index is 12.6. The van der Waals surface area contributed by atoms with Crippen LogP contribution in [0.25, 0.3) is 6.08 Å². The zero-order valence-electron chi connectivity index (χ0n) is 21.7. The summed E-state index contributed by atoms with van der Waals surface area (Å²) in [5, 5.41) is 3.34. The highest BCUT2D eigenvalue weighted by Gasteiger charge is 2.57. The fourth-order valence-corrected chi connectivity index (χ4v) is 5.51. The van der Waals surface area contributed by atoms with Crippen molar-refractivity contribution in [2.45, 2.75) is 76.8 Å². The van der Waals surface area contributed by atoms with Crippen molar-refractivity contribution in [2.24, 2.45) is 0 Å². The van der Waals surface area contributed by atoms with E-state index in [-0.39, 0.29) is 11.3 Å². The number of benzene rings is 2. The lowest BCUT2D eigenvalue weighted by Gasteiger charge is -2.49. The molecule has 0 bridgehead atoms. The van der Waals surface area contributed by atoms with Crippen LogP contribution in [0.1, 0.15) is 76.8 Å². The number of hydrogen-bond acceptors (Lipinski definition) is 4. The van der Waals surface area contributed by atoms with Gasteiger partial charge in [-0.1, -0.05) is 83.2 Å². The van der Waals surface area contributed by atoms with E-state index in [0.29, 0.717) is 19.6 Å². The molecule has 0 aliphatic carbocycles. The lowest BCUT2D eigenvalue weighted by atomic mass is 9.74. The molecule has 1 N–H and O–H groups in total. The van der Waals surface area contributed by atoms with Crippen molar-refractivity contribution in [1.29, 1.82) is 0 Å². The predicted octanol–water partition coefficient (Wildman–Crippen LogP) is 6.46. The third-order valence-electron chi connectivity index (χ3n) is 7.60. The Balaban J connectivity index is 1.51. The fraction of sp³-hybridized carbons (Fsp3) is 0.500. The maximum Gasteiger partial charge on any atom is 0.223 e. The van der Waals surface area contributed by atoms with E-state index >= 15 is 0 Å². The summed E-state index contributed by atoms with van der Waals surface area (Å²) in [5.41, 5.74) is 2.54. The molecule has 0 radical (unpaired) electrons. The molecule has 1 atom stereocenters. The quantitative estimate of drug-likeness (QED) is 0.378. The summed E-state index contributed by atoms with van der Waals surface area (Å²) in [6.45, 7) is 8.06. The Morgan fingerprint density at radius 1 is 1.03 bits per heavy atom. The number of para-hydroxylation sites is 1. The average Bonchev–Trinajstić information content (AvgIpc) is 3.06. The van der Waals surface area contributed by atoms with Gasteiger partial charge in [0.2, 0.25) is 5.91 Å². The first-order valence-corrected chi connectivity index (χ1v) is 13.1. The summed E-state index contributed by atoms with van der Waals surface area (Å²) in [5.74, 6) is 1.59. The summed E-state index contributed by atoms with van der Waals surface area (Å²) >= 11 is 0. The summed E-state index contributed by atoms with van der Waals surface area (Å²) < 4.78 is 11.7. The van der Waals surface area contributed by atoms with Gasteiger partial charge in [-0.25, -0.2) is 0 Å². The first kappa shape index (κ1) is 25.2. The average molecular weight is 477 g/mol. The SMILES string of the molecule is CCCCCCCCOc1ccc(/C=C/[C@@]23NC(=O)CCN2c2ccccc2C3(C)C)cc1OC. The molecule has 0 aromatic heterocycles. The predicted molar refractivity (Wildman–Crippen MR) is 143 cm³/mol. The standard InChI is InChI=1S/C30H40N2O3/c1-5-6-7-8-9-12-21-35-26-16-15-23(22-27(26)34-4)17-19-30-29(2,3)24-13-10-11-14-25(24)32(30)20-18-28(33)31-30/h10-11,13-17,19,22H,5-9,12,18,20-21H2,1-4H3,(H,31,33)/b19-17+/t30-/m1/s1. The monoisotopic (exact) mass is 476 g/mol. The fourth-order valence-electron chi connectivity index (χ4n) is 5.51. The second kappa shape index (κ2) is 10.8. The van der Waals surface area contributed by atoms with Crippen LogP contribution >= 0.6 is 0 Å². The number of methoxy groups -OCH3 is 1. The van der Waals surface area contributed by atoms with Gasteiger partial charge in [0.05, 0.1) is 13.7 Å². The number of nitrogens with one attached hydrogen (secondary N) is 1. The van der Waals surface area contributed by atoms with Gasteiger partial charge in [0.25, 0.3) is 0 Å². The van der Waals surface area contributed by atoms with Gasteiger partial charge in [0, 0.05) is 24.1 Å². The number of nitrogens with zero attached hydrogens (tertiary/aromatic N) is 1. The van der Waals surface area contributed by atoms with E-state index in [1.54, 1.807) is 7.11 Å². The van der Waals surface area contributed by atoms with Gasteiger partial charge < -0.3 is 19.7 Å². The second-order valence-corrected chi connectivity index (χ2v) is 10.2. The Morgan fingerprint density at radius 2 is 1.80 bits per heavy atom. The molecule has 4 rings (SSSR count). The molecule has 2 aromatic rings. The molecule has 1 fully saturated rings. The Bertz CT molecular complexity index is 1060. The number of carbonyl (C=O) groups excluding carboxylic acids is 1. The van der Waals surface area contributed by atoms with Crippen LogP contribution in [-0.4, -0.2) is 31.8 Å². The van der Waals surface area contributed by atoms with Crippen LogP contribution in [0, 0.1) is 0 Å². The molecule has 188 valence electrons. The zero-order valence-corrected chi connectivity index (χ0v) is 21.7.